The smallest absolute Gasteiger partial charge is 0.222 e. The van der Waals surface area contributed by atoms with E-state index in [2.05, 4.69) is 18.2 Å². The van der Waals surface area contributed by atoms with Crippen molar-refractivity contribution in [3.05, 3.63) is 95.1 Å². The van der Waals surface area contributed by atoms with E-state index < -0.39 is 0 Å². The van der Waals surface area contributed by atoms with Crippen LogP contribution >= 0.6 is 0 Å². The van der Waals surface area contributed by atoms with Crippen molar-refractivity contribution in [3.63, 3.8) is 0 Å². The van der Waals surface area contributed by atoms with Crippen molar-refractivity contribution in [3.8, 4) is 5.75 Å². The van der Waals surface area contributed by atoms with Crippen LogP contribution in [-0.4, -0.2) is 36.0 Å². The zero-order valence-electron chi connectivity index (χ0n) is 18.5. The van der Waals surface area contributed by atoms with Crippen LogP contribution in [0.25, 0.3) is 0 Å². The number of hydrogen-bond donors (Lipinski definition) is 0. The first-order valence-electron chi connectivity index (χ1n) is 11.2. The van der Waals surface area contributed by atoms with Crippen LogP contribution in [0.15, 0.2) is 66.7 Å². The van der Waals surface area contributed by atoms with E-state index in [1.165, 1.54) is 12.1 Å². The number of aryl methyl sites for hydroxylation is 1. The Labute approximate surface area is 189 Å². The van der Waals surface area contributed by atoms with Gasteiger partial charge in [-0.3, -0.25) is 9.78 Å². The van der Waals surface area contributed by atoms with Crippen molar-refractivity contribution in [1.29, 1.82) is 0 Å². The monoisotopic (exact) mass is 432 g/mol. The van der Waals surface area contributed by atoms with Crippen LogP contribution in [-0.2, 0) is 17.6 Å². The van der Waals surface area contributed by atoms with Crippen molar-refractivity contribution in [2.24, 2.45) is 0 Å². The molecule has 32 heavy (non-hydrogen) atoms. The third-order valence-corrected chi connectivity index (χ3v) is 6.13. The van der Waals surface area contributed by atoms with E-state index in [-0.39, 0.29) is 17.6 Å². The molecule has 0 saturated carbocycles. The minimum Gasteiger partial charge on any atom is -0.496 e. The zero-order chi connectivity index (χ0) is 22.3. The normalized spacial score (nSPS) is 16.1. The Hall–Kier alpha value is -3.21. The molecule has 166 valence electrons. The number of amides is 1. The van der Waals surface area contributed by atoms with Gasteiger partial charge in [0.15, 0.2) is 0 Å². The van der Waals surface area contributed by atoms with Gasteiger partial charge >= 0.3 is 0 Å². The maximum absolute atomic E-state index is 13.1. The van der Waals surface area contributed by atoms with E-state index in [0.717, 1.165) is 47.7 Å². The van der Waals surface area contributed by atoms with Gasteiger partial charge in [-0.25, -0.2) is 4.39 Å². The van der Waals surface area contributed by atoms with Gasteiger partial charge in [0.1, 0.15) is 11.6 Å². The highest BCUT2D eigenvalue weighted by Gasteiger charge is 2.25. The fourth-order valence-corrected chi connectivity index (χ4v) is 4.37. The molecule has 2 aromatic carbocycles. The molecule has 4 rings (SSSR count). The second-order valence-corrected chi connectivity index (χ2v) is 8.35. The minimum atomic E-state index is -0.251. The molecule has 1 atom stereocenters. The molecule has 1 aliphatic heterocycles. The number of aromatic nitrogens is 1. The van der Waals surface area contributed by atoms with Crippen molar-refractivity contribution in [2.75, 3.05) is 20.2 Å². The number of carbonyl (C=O) groups is 1. The van der Waals surface area contributed by atoms with Gasteiger partial charge < -0.3 is 9.64 Å². The van der Waals surface area contributed by atoms with Crippen LogP contribution in [0.1, 0.15) is 47.7 Å². The Morgan fingerprint density at radius 2 is 1.91 bits per heavy atom. The average molecular weight is 433 g/mol. The lowest BCUT2D eigenvalue weighted by molar-refractivity contribution is -0.132. The minimum absolute atomic E-state index is 0.157. The summed E-state index contributed by atoms with van der Waals surface area (Å²) in [6, 6.07) is 20.6. The molecule has 0 bridgehead atoms. The summed E-state index contributed by atoms with van der Waals surface area (Å²) in [5.74, 6) is 1.02. The Kier molecular flexibility index (Phi) is 7.15. The Morgan fingerprint density at radius 1 is 1.09 bits per heavy atom. The van der Waals surface area contributed by atoms with E-state index in [4.69, 9.17) is 9.72 Å². The summed E-state index contributed by atoms with van der Waals surface area (Å²) in [5, 5.41) is 0. The Bertz CT molecular complexity index is 1050. The van der Waals surface area contributed by atoms with E-state index in [0.29, 0.717) is 25.8 Å². The molecule has 4 nitrogen and oxygen atoms in total. The average Bonchev–Trinajstić information content (AvgIpc) is 2.84. The summed E-state index contributed by atoms with van der Waals surface area (Å²) in [5.41, 5.74) is 4.15. The van der Waals surface area contributed by atoms with Crippen LogP contribution < -0.4 is 4.74 Å². The number of hydrogen-bond acceptors (Lipinski definition) is 3. The van der Waals surface area contributed by atoms with Crippen molar-refractivity contribution < 1.29 is 13.9 Å². The lowest BCUT2D eigenvalue weighted by Gasteiger charge is -2.32. The number of benzene rings is 2. The van der Waals surface area contributed by atoms with Gasteiger partial charge in [-0.15, -0.1) is 0 Å². The molecule has 0 radical (unpaired) electrons. The predicted octanol–water partition coefficient (Wildman–Crippen LogP) is 5.16. The second kappa shape index (κ2) is 10.4. The van der Waals surface area contributed by atoms with Crippen LogP contribution in [0.3, 0.4) is 0 Å². The van der Waals surface area contributed by atoms with Crippen molar-refractivity contribution in [1.82, 2.24) is 9.88 Å². The molecule has 1 unspecified atom stereocenters. The Balaban J connectivity index is 1.39. The Morgan fingerprint density at radius 3 is 2.72 bits per heavy atom. The quantitative estimate of drug-likeness (QED) is 0.518. The first kappa shape index (κ1) is 22.0. The number of para-hydroxylation sites is 1. The van der Waals surface area contributed by atoms with Crippen LogP contribution in [0, 0.1) is 5.82 Å². The molecular formula is C27H29FN2O2. The molecule has 1 aromatic heterocycles. The molecule has 3 aromatic rings. The molecule has 1 amide bonds. The van der Waals surface area contributed by atoms with Gasteiger partial charge in [0.05, 0.1) is 7.11 Å². The number of halogens is 1. The zero-order valence-corrected chi connectivity index (χ0v) is 18.5. The lowest BCUT2D eigenvalue weighted by Crippen LogP contribution is -2.39. The van der Waals surface area contributed by atoms with Crippen LogP contribution in [0.2, 0.25) is 0 Å². The fraction of sp³-hybridized carbons (Fsp3) is 0.333. The summed E-state index contributed by atoms with van der Waals surface area (Å²) in [6.45, 7) is 1.49. The summed E-state index contributed by atoms with van der Waals surface area (Å²) < 4.78 is 18.6. The third-order valence-electron chi connectivity index (χ3n) is 6.13. The summed E-state index contributed by atoms with van der Waals surface area (Å²) in [6.07, 6.45) is 3.80. The molecule has 0 N–H and O–H groups in total. The number of nitrogens with zero attached hydrogens (tertiary/aromatic N) is 2. The molecule has 1 saturated heterocycles. The number of carbonyl (C=O) groups excluding carboxylic acids is 1. The first-order valence-corrected chi connectivity index (χ1v) is 11.2. The van der Waals surface area contributed by atoms with E-state index in [1.54, 1.807) is 19.2 Å². The number of piperidine rings is 1. The van der Waals surface area contributed by atoms with Crippen molar-refractivity contribution in [2.45, 2.75) is 38.0 Å². The SMILES string of the molecule is COc1ccccc1Cc1cccc(C2CCCN(C(=O)CCc3ccc(F)cc3)C2)n1. The molecule has 0 spiro atoms. The van der Waals surface area contributed by atoms with Gasteiger partial charge in [0, 0.05) is 48.8 Å². The number of methoxy groups -OCH3 is 1. The maximum atomic E-state index is 13.1. The van der Waals surface area contributed by atoms with Gasteiger partial charge in [0.2, 0.25) is 5.91 Å². The summed E-state index contributed by atoms with van der Waals surface area (Å²) >= 11 is 0. The summed E-state index contributed by atoms with van der Waals surface area (Å²) in [7, 11) is 1.69. The molecule has 0 aliphatic carbocycles. The van der Waals surface area contributed by atoms with Gasteiger partial charge in [-0.1, -0.05) is 36.4 Å². The molecule has 1 aliphatic rings. The van der Waals surface area contributed by atoms with Crippen LogP contribution in [0.5, 0.6) is 5.75 Å². The van der Waals surface area contributed by atoms with Gasteiger partial charge in [-0.05, 0) is 55.2 Å². The maximum Gasteiger partial charge on any atom is 0.222 e. The topological polar surface area (TPSA) is 42.4 Å². The van der Waals surface area contributed by atoms with Crippen molar-refractivity contribution >= 4 is 5.91 Å². The second-order valence-electron chi connectivity index (χ2n) is 8.35. The number of pyridine rings is 1. The van der Waals surface area contributed by atoms with E-state index >= 15 is 0 Å². The first-order chi connectivity index (χ1) is 15.6. The molecule has 1 fully saturated rings. The number of likely N-dealkylation sites (tertiary alicyclic amines) is 1. The highest BCUT2D eigenvalue weighted by Crippen LogP contribution is 2.27. The molecule has 2 heterocycles. The molecular weight excluding hydrogens is 403 g/mol. The van der Waals surface area contributed by atoms with Gasteiger partial charge in [0.25, 0.3) is 0 Å². The third kappa shape index (κ3) is 5.52. The number of ether oxygens (including phenoxy) is 1. The van der Waals surface area contributed by atoms with Gasteiger partial charge in [-0.2, -0.15) is 0 Å². The van der Waals surface area contributed by atoms with E-state index in [1.807, 2.05) is 29.2 Å². The van der Waals surface area contributed by atoms with E-state index in [9.17, 15) is 9.18 Å². The number of rotatable bonds is 7. The lowest BCUT2D eigenvalue weighted by atomic mass is 9.93. The summed E-state index contributed by atoms with van der Waals surface area (Å²) in [4.78, 5) is 19.7. The predicted molar refractivity (Wildman–Crippen MR) is 123 cm³/mol. The molecule has 5 heteroatoms. The standard InChI is InChI=1S/C27H29FN2O2/c1-32-26-10-3-2-6-21(26)18-24-8-4-9-25(29-24)22-7-5-17-30(19-22)27(31)16-13-20-11-14-23(28)15-12-20/h2-4,6,8-12,14-15,22H,5,7,13,16-19H2,1H3. The van der Waals surface area contributed by atoms with Crippen LogP contribution in [0.4, 0.5) is 4.39 Å². The highest BCUT2D eigenvalue weighted by molar-refractivity contribution is 5.76. The highest BCUT2D eigenvalue weighted by atomic mass is 19.1. The largest absolute Gasteiger partial charge is 0.496 e. The fourth-order valence-electron chi connectivity index (χ4n) is 4.37.